The van der Waals surface area contributed by atoms with Gasteiger partial charge in [0.2, 0.25) is 0 Å². The van der Waals surface area contributed by atoms with Gasteiger partial charge in [0.05, 0.1) is 6.61 Å². The quantitative estimate of drug-likeness (QED) is 0.251. The van der Waals surface area contributed by atoms with Crippen LogP contribution in [0.25, 0.3) is 0 Å². The number of nitrogens with zero attached hydrogens (tertiary/aromatic N) is 1. The zero-order valence-corrected chi connectivity index (χ0v) is 10.2. The highest BCUT2D eigenvalue weighted by molar-refractivity contribution is 5.98. The van der Waals surface area contributed by atoms with Crippen molar-refractivity contribution in [2.24, 2.45) is 10.9 Å². The first-order valence-corrected chi connectivity index (χ1v) is 5.93. The molecule has 94 valence electrons. The third-order valence-corrected chi connectivity index (χ3v) is 2.55. The molecular formula is C13H20N2O2. The van der Waals surface area contributed by atoms with Gasteiger partial charge in [-0.1, -0.05) is 49.2 Å². The van der Waals surface area contributed by atoms with Crippen LogP contribution in [-0.2, 0) is 11.3 Å². The van der Waals surface area contributed by atoms with Gasteiger partial charge in [-0.15, -0.1) is 0 Å². The summed E-state index contributed by atoms with van der Waals surface area (Å²) in [6.45, 7) is 3.40. The van der Waals surface area contributed by atoms with E-state index in [1.165, 1.54) is 12.8 Å². The average molecular weight is 236 g/mol. The predicted octanol–water partition coefficient (Wildman–Crippen LogP) is 2.49. The molecule has 0 unspecified atom stereocenters. The minimum Gasteiger partial charge on any atom is -0.409 e. The fraction of sp³-hybridized carbons (Fsp3) is 0.462. The first kappa shape index (κ1) is 13.5. The predicted molar refractivity (Wildman–Crippen MR) is 68.1 cm³/mol. The summed E-state index contributed by atoms with van der Waals surface area (Å²) in [6, 6.07) is 7.51. The third kappa shape index (κ3) is 4.44. The summed E-state index contributed by atoms with van der Waals surface area (Å²) in [5.74, 6) is 0.123. The number of benzene rings is 1. The summed E-state index contributed by atoms with van der Waals surface area (Å²) in [7, 11) is 0. The normalized spacial score (nSPS) is 11.7. The molecule has 0 atom stereocenters. The van der Waals surface area contributed by atoms with E-state index in [1.54, 1.807) is 0 Å². The van der Waals surface area contributed by atoms with Crippen LogP contribution < -0.4 is 5.73 Å². The first-order chi connectivity index (χ1) is 8.29. The Balaban J connectivity index is 2.53. The van der Waals surface area contributed by atoms with E-state index in [2.05, 4.69) is 12.1 Å². The van der Waals surface area contributed by atoms with Gasteiger partial charge in [-0.2, -0.15) is 0 Å². The first-order valence-electron chi connectivity index (χ1n) is 5.93. The van der Waals surface area contributed by atoms with E-state index in [-0.39, 0.29) is 5.84 Å². The number of unbranched alkanes of at least 4 members (excludes halogenated alkanes) is 2. The van der Waals surface area contributed by atoms with Gasteiger partial charge in [-0.3, -0.25) is 0 Å². The molecule has 4 nitrogen and oxygen atoms in total. The molecule has 0 aliphatic rings. The number of rotatable bonds is 7. The smallest absolute Gasteiger partial charge is 0.170 e. The largest absolute Gasteiger partial charge is 0.409 e. The molecule has 1 aromatic carbocycles. The molecule has 1 rings (SSSR count). The lowest BCUT2D eigenvalue weighted by Gasteiger charge is -2.08. The van der Waals surface area contributed by atoms with Gasteiger partial charge in [-0.25, -0.2) is 0 Å². The topological polar surface area (TPSA) is 67.8 Å². The van der Waals surface area contributed by atoms with E-state index in [0.29, 0.717) is 6.61 Å². The summed E-state index contributed by atoms with van der Waals surface area (Å²) >= 11 is 0. The summed E-state index contributed by atoms with van der Waals surface area (Å²) in [5, 5.41) is 11.7. The second-order valence-electron chi connectivity index (χ2n) is 3.90. The van der Waals surface area contributed by atoms with Gasteiger partial charge in [0.15, 0.2) is 5.84 Å². The Hall–Kier alpha value is -1.55. The van der Waals surface area contributed by atoms with Gasteiger partial charge in [-0.05, 0) is 12.0 Å². The van der Waals surface area contributed by atoms with Gasteiger partial charge < -0.3 is 15.7 Å². The second-order valence-corrected chi connectivity index (χ2v) is 3.90. The van der Waals surface area contributed by atoms with Crippen LogP contribution in [-0.4, -0.2) is 17.6 Å². The standard InChI is InChI=1S/C13H20N2O2/c1-2-3-6-9-17-10-11-7-4-5-8-12(11)13(14)15-16/h4-5,7-8,16H,2-3,6,9-10H2,1H3,(H2,14,15). The van der Waals surface area contributed by atoms with E-state index in [0.717, 1.165) is 24.2 Å². The van der Waals surface area contributed by atoms with Crippen LogP contribution >= 0.6 is 0 Å². The number of amidine groups is 1. The van der Waals surface area contributed by atoms with Crippen molar-refractivity contribution in [3.8, 4) is 0 Å². The number of hydrogen-bond donors (Lipinski definition) is 2. The molecule has 1 aromatic rings. The highest BCUT2D eigenvalue weighted by Crippen LogP contribution is 2.10. The molecular weight excluding hydrogens is 216 g/mol. The molecule has 0 saturated carbocycles. The molecule has 0 bridgehead atoms. The van der Waals surface area contributed by atoms with Crippen molar-refractivity contribution in [1.29, 1.82) is 0 Å². The molecule has 0 aliphatic carbocycles. The fourth-order valence-electron chi connectivity index (χ4n) is 1.59. The fourth-order valence-corrected chi connectivity index (χ4v) is 1.59. The number of oxime groups is 1. The van der Waals surface area contributed by atoms with Crippen molar-refractivity contribution in [1.82, 2.24) is 0 Å². The van der Waals surface area contributed by atoms with E-state index in [4.69, 9.17) is 15.7 Å². The van der Waals surface area contributed by atoms with E-state index in [1.807, 2.05) is 24.3 Å². The van der Waals surface area contributed by atoms with Crippen molar-refractivity contribution in [2.75, 3.05) is 6.61 Å². The zero-order valence-electron chi connectivity index (χ0n) is 10.2. The Morgan fingerprint density at radius 1 is 1.35 bits per heavy atom. The minimum atomic E-state index is 0.123. The number of ether oxygens (including phenoxy) is 1. The zero-order chi connectivity index (χ0) is 12.5. The molecule has 3 N–H and O–H groups in total. The van der Waals surface area contributed by atoms with E-state index >= 15 is 0 Å². The Labute approximate surface area is 102 Å². The van der Waals surface area contributed by atoms with Crippen molar-refractivity contribution in [3.63, 3.8) is 0 Å². The lowest BCUT2D eigenvalue weighted by molar-refractivity contribution is 0.117. The molecule has 0 aliphatic heterocycles. The van der Waals surface area contributed by atoms with Gasteiger partial charge in [0.1, 0.15) is 0 Å². The van der Waals surface area contributed by atoms with Gasteiger partial charge in [0.25, 0.3) is 0 Å². The molecule has 4 heteroatoms. The molecule has 0 spiro atoms. The second kappa shape index (κ2) is 7.68. The van der Waals surface area contributed by atoms with Gasteiger partial charge >= 0.3 is 0 Å². The van der Waals surface area contributed by atoms with Crippen molar-refractivity contribution in [2.45, 2.75) is 32.8 Å². The van der Waals surface area contributed by atoms with Crippen molar-refractivity contribution < 1.29 is 9.94 Å². The molecule has 0 heterocycles. The maximum atomic E-state index is 8.68. The number of hydrogen-bond acceptors (Lipinski definition) is 3. The molecule has 0 fully saturated rings. The van der Waals surface area contributed by atoms with Crippen LogP contribution in [0.4, 0.5) is 0 Å². The average Bonchev–Trinajstić information content (AvgIpc) is 2.38. The van der Waals surface area contributed by atoms with Crippen molar-refractivity contribution in [3.05, 3.63) is 35.4 Å². The van der Waals surface area contributed by atoms with Crippen LogP contribution in [0.3, 0.4) is 0 Å². The van der Waals surface area contributed by atoms with Crippen LogP contribution in [0.15, 0.2) is 29.4 Å². The van der Waals surface area contributed by atoms with E-state index in [9.17, 15) is 0 Å². The molecule has 0 amide bonds. The van der Waals surface area contributed by atoms with E-state index < -0.39 is 0 Å². The SMILES string of the molecule is CCCCCOCc1ccccc1/C(N)=N/O. The lowest BCUT2D eigenvalue weighted by atomic mass is 10.1. The molecule has 0 radical (unpaired) electrons. The summed E-state index contributed by atoms with van der Waals surface area (Å²) in [4.78, 5) is 0. The van der Waals surface area contributed by atoms with Gasteiger partial charge in [0, 0.05) is 12.2 Å². The van der Waals surface area contributed by atoms with Crippen LogP contribution in [0.2, 0.25) is 0 Å². The Bertz CT molecular complexity index is 364. The third-order valence-electron chi connectivity index (χ3n) is 2.55. The Kier molecular flexibility index (Phi) is 6.10. The summed E-state index contributed by atoms with van der Waals surface area (Å²) in [6.07, 6.45) is 3.44. The maximum Gasteiger partial charge on any atom is 0.170 e. The maximum absolute atomic E-state index is 8.68. The molecule has 0 saturated heterocycles. The molecule has 0 aromatic heterocycles. The van der Waals surface area contributed by atoms with Crippen LogP contribution in [0, 0.1) is 0 Å². The highest BCUT2D eigenvalue weighted by atomic mass is 16.5. The number of nitrogens with two attached hydrogens (primary N) is 1. The van der Waals surface area contributed by atoms with Crippen LogP contribution in [0.5, 0.6) is 0 Å². The summed E-state index contributed by atoms with van der Waals surface area (Å²) in [5.41, 5.74) is 7.26. The Morgan fingerprint density at radius 3 is 2.82 bits per heavy atom. The summed E-state index contributed by atoms with van der Waals surface area (Å²) < 4.78 is 5.56. The lowest BCUT2D eigenvalue weighted by Crippen LogP contribution is -2.16. The minimum absolute atomic E-state index is 0.123. The molecule has 17 heavy (non-hydrogen) atoms. The monoisotopic (exact) mass is 236 g/mol. The van der Waals surface area contributed by atoms with Crippen LogP contribution in [0.1, 0.15) is 37.3 Å². The Morgan fingerprint density at radius 2 is 2.12 bits per heavy atom. The van der Waals surface area contributed by atoms with Crippen molar-refractivity contribution >= 4 is 5.84 Å². The highest BCUT2D eigenvalue weighted by Gasteiger charge is 2.05.